The molecule has 7 nitrogen and oxygen atoms in total. The van der Waals surface area contributed by atoms with Gasteiger partial charge in [0.1, 0.15) is 6.04 Å². The molecule has 8 heteroatoms. The summed E-state index contributed by atoms with van der Waals surface area (Å²) in [5.41, 5.74) is 0. The van der Waals surface area contributed by atoms with Crippen LogP contribution in [0.4, 0.5) is 0 Å². The van der Waals surface area contributed by atoms with Gasteiger partial charge in [0.2, 0.25) is 22.7 Å². The lowest BCUT2D eigenvalue weighted by Crippen LogP contribution is -2.48. The highest BCUT2D eigenvalue weighted by atomic mass is 32.2. The molecule has 0 spiro atoms. The quantitative estimate of drug-likeness (QED) is 0.827. The van der Waals surface area contributed by atoms with Gasteiger partial charge in [0, 0.05) is 19.2 Å². The summed E-state index contributed by atoms with van der Waals surface area (Å²) in [6, 6.07) is 3.70. The number of hydrogen-bond donors (Lipinski definition) is 1. The van der Waals surface area contributed by atoms with Crippen molar-refractivity contribution < 1.29 is 22.7 Å². The van der Waals surface area contributed by atoms with Crippen molar-refractivity contribution in [3.63, 3.8) is 0 Å². The lowest BCUT2D eigenvalue weighted by Gasteiger charge is -2.25. The average Bonchev–Trinajstić information content (AvgIpc) is 3.23. The van der Waals surface area contributed by atoms with E-state index in [1.54, 1.807) is 11.0 Å². The highest BCUT2D eigenvalue weighted by Gasteiger charge is 2.31. The first-order valence-corrected chi connectivity index (χ1v) is 10.1. The third-order valence-electron chi connectivity index (χ3n) is 4.37. The van der Waals surface area contributed by atoms with Gasteiger partial charge in [0.15, 0.2) is 11.5 Å². The summed E-state index contributed by atoms with van der Waals surface area (Å²) in [5, 5.41) is 0. The van der Waals surface area contributed by atoms with Crippen molar-refractivity contribution in [3.8, 4) is 11.5 Å². The van der Waals surface area contributed by atoms with Crippen LogP contribution in [-0.4, -0.2) is 45.1 Å². The standard InChI is InChI=1S/C17H24N2O5S/c1-12(2)9-14(17(20)19-7-3-4-8-19)18-25(21,22)13-5-6-15-16(10-13)24-11-23-15/h5-6,10,12,14,18H,3-4,7-9,11H2,1-2H3/t14-/m0/s1. The Bertz CT molecular complexity index is 741. The molecule has 0 bridgehead atoms. The van der Waals surface area contributed by atoms with E-state index in [0.29, 0.717) is 31.0 Å². The third kappa shape index (κ3) is 4.07. The van der Waals surface area contributed by atoms with Crippen molar-refractivity contribution in [2.24, 2.45) is 5.92 Å². The second-order valence-corrected chi connectivity index (χ2v) is 8.56. The number of likely N-dealkylation sites (tertiary alicyclic amines) is 1. The van der Waals surface area contributed by atoms with Crippen molar-refractivity contribution in [2.75, 3.05) is 19.9 Å². The van der Waals surface area contributed by atoms with E-state index in [-0.39, 0.29) is 23.5 Å². The molecule has 1 aromatic rings. The van der Waals surface area contributed by atoms with Crippen LogP contribution in [0.5, 0.6) is 11.5 Å². The first-order chi connectivity index (χ1) is 11.9. The van der Waals surface area contributed by atoms with Gasteiger partial charge in [-0.1, -0.05) is 13.8 Å². The maximum Gasteiger partial charge on any atom is 0.241 e. The van der Waals surface area contributed by atoms with Crippen LogP contribution < -0.4 is 14.2 Å². The highest BCUT2D eigenvalue weighted by Crippen LogP contribution is 2.33. The molecular weight excluding hydrogens is 344 g/mol. The maximum atomic E-state index is 12.8. The number of ether oxygens (including phenoxy) is 2. The Morgan fingerprint density at radius 2 is 1.88 bits per heavy atom. The largest absolute Gasteiger partial charge is 0.454 e. The van der Waals surface area contributed by atoms with Gasteiger partial charge < -0.3 is 14.4 Å². The highest BCUT2D eigenvalue weighted by molar-refractivity contribution is 7.89. The number of nitrogens with one attached hydrogen (secondary N) is 1. The fraction of sp³-hybridized carbons (Fsp3) is 0.588. The van der Waals surface area contributed by atoms with Crippen LogP contribution in [0.1, 0.15) is 33.1 Å². The average molecular weight is 368 g/mol. The first kappa shape index (κ1) is 18.0. The summed E-state index contributed by atoms with van der Waals surface area (Å²) >= 11 is 0. The van der Waals surface area contributed by atoms with E-state index in [0.717, 1.165) is 12.8 Å². The van der Waals surface area contributed by atoms with Crippen LogP contribution in [0.25, 0.3) is 0 Å². The second kappa shape index (κ2) is 7.21. The van der Waals surface area contributed by atoms with Crippen LogP contribution in [0.2, 0.25) is 0 Å². The number of amides is 1. The minimum Gasteiger partial charge on any atom is -0.454 e. The zero-order valence-electron chi connectivity index (χ0n) is 14.5. The predicted octanol–water partition coefficient (Wildman–Crippen LogP) is 1.73. The van der Waals surface area contributed by atoms with Gasteiger partial charge in [-0.2, -0.15) is 4.72 Å². The maximum absolute atomic E-state index is 12.8. The van der Waals surface area contributed by atoms with Gasteiger partial charge in [-0.3, -0.25) is 4.79 Å². The topological polar surface area (TPSA) is 84.9 Å². The molecule has 0 unspecified atom stereocenters. The van der Waals surface area contributed by atoms with Gasteiger partial charge in [0.05, 0.1) is 4.90 Å². The Hall–Kier alpha value is -1.80. The van der Waals surface area contributed by atoms with Crippen molar-refractivity contribution in [1.29, 1.82) is 0 Å². The Labute approximate surface area is 148 Å². The molecule has 1 saturated heterocycles. The fourth-order valence-corrected chi connectivity index (χ4v) is 4.35. The molecule has 1 N–H and O–H groups in total. The van der Waals surface area contributed by atoms with E-state index >= 15 is 0 Å². The number of nitrogens with zero attached hydrogens (tertiary/aromatic N) is 1. The second-order valence-electron chi connectivity index (χ2n) is 6.85. The van der Waals surface area contributed by atoms with E-state index in [2.05, 4.69) is 4.72 Å². The van der Waals surface area contributed by atoms with Crippen molar-refractivity contribution in [3.05, 3.63) is 18.2 Å². The van der Waals surface area contributed by atoms with Gasteiger partial charge >= 0.3 is 0 Å². The van der Waals surface area contributed by atoms with E-state index in [4.69, 9.17) is 9.47 Å². The van der Waals surface area contributed by atoms with Crippen molar-refractivity contribution in [2.45, 2.75) is 44.0 Å². The third-order valence-corrected chi connectivity index (χ3v) is 5.84. The molecule has 1 fully saturated rings. The van der Waals surface area contributed by atoms with Crippen LogP contribution in [0, 0.1) is 5.92 Å². The minimum absolute atomic E-state index is 0.0692. The molecule has 3 rings (SSSR count). The zero-order chi connectivity index (χ0) is 18.0. The fourth-order valence-electron chi connectivity index (χ4n) is 3.13. The molecule has 0 radical (unpaired) electrons. The molecule has 0 saturated carbocycles. The normalized spacial score (nSPS) is 18.0. The molecule has 25 heavy (non-hydrogen) atoms. The van der Waals surface area contributed by atoms with E-state index < -0.39 is 16.1 Å². The summed E-state index contributed by atoms with van der Waals surface area (Å²) in [6.07, 6.45) is 2.39. The molecule has 1 aromatic carbocycles. The summed E-state index contributed by atoms with van der Waals surface area (Å²) in [5.74, 6) is 0.964. The molecule has 0 aromatic heterocycles. The lowest BCUT2D eigenvalue weighted by atomic mass is 10.0. The van der Waals surface area contributed by atoms with Crippen LogP contribution in [0.3, 0.4) is 0 Å². The number of hydrogen-bond acceptors (Lipinski definition) is 5. The summed E-state index contributed by atoms with van der Waals surface area (Å²) in [7, 11) is -3.83. The monoisotopic (exact) mass is 368 g/mol. The Morgan fingerprint density at radius 1 is 1.20 bits per heavy atom. The first-order valence-electron chi connectivity index (χ1n) is 8.57. The van der Waals surface area contributed by atoms with Gasteiger partial charge in [-0.15, -0.1) is 0 Å². The Morgan fingerprint density at radius 3 is 2.56 bits per heavy atom. The molecular formula is C17H24N2O5S. The van der Waals surface area contributed by atoms with E-state index in [1.807, 2.05) is 13.8 Å². The van der Waals surface area contributed by atoms with Crippen molar-refractivity contribution >= 4 is 15.9 Å². The predicted molar refractivity (Wildman–Crippen MR) is 91.9 cm³/mol. The number of benzene rings is 1. The Kier molecular flexibility index (Phi) is 5.19. The number of rotatable bonds is 6. The molecule has 2 heterocycles. The molecule has 1 atom stereocenters. The molecule has 2 aliphatic rings. The SMILES string of the molecule is CC(C)C[C@H](NS(=O)(=O)c1ccc2c(c1)OCO2)C(=O)N1CCCC1. The van der Waals surface area contributed by atoms with Gasteiger partial charge in [0.25, 0.3) is 0 Å². The molecule has 2 aliphatic heterocycles. The smallest absolute Gasteiger partial charge is 0.241 e. The van der Waals surface area contributed by atoms with Crippen LogP contribution in [0.15, 0.2) is 23.1 Å². The summed E-state index contributed by atoms with van der Waals surface area (Å²) < 4.78 is 38.6. The number of sulfonamides is 1. The summed E-state index contributed by atoms with van der Waals surface area (Å²) in [6.45, 7) is 5.41. The Balaban J connectivity index is 1.80. The number of fused-ring (bicyclic) bond motifs is 1. The lowest BCUT2D eigenvalue weighted by molar-refractivity contribution is -0.132. The van der Waals surface area contributed by atoms with E-state index in [1.165, 1.54) is 12.1 Å². The van der Waals surface area contributed by atoms with Crippen molar-refractivity contribution in [1.82, 2.24) is 9.62 Å². The summed E-state index contributed by atoms with van der Waals surface area (Å²) in [4.78, 5) is 14.5. The zero-order valence-corrected chi connectivity index (χ0v) is 15.3. The molecule has 1 amide bonds. The van der Waals surface area contributed by atoms with Crippen LogP contribution in [-0.2, 0) is 14.8 Å². The molecule has 138 valence electrons. The number of carbonyl (C=O) groups excluding carboxylic acids is 1. The minimum atomic E-state index is -3.83. The van der Waals surface area contributed by atoms with Gasteiger partial charge in [-0.25, -0.2) is 8.42 Å². The number of carbonyl (C=O) groups is 1. The van der Waals surface area contributed by atoms with E-state index in [9.17, 15) is 13.2 Å². The van der Waals surface area contributed by atoms with Gasteiger partial charge in [-0.05, 0) is 37.3 Å². The molecule has 0 aliphatic carbocycles. The van der Waals surface area contributed by atoms with Crippen LogP contribution >= 0.6 is 0 Å².